The van der Waals surface area contributed by atoms with E-state index in [4.69, 9.17) is 11.6 Å². The molecule has 21 heavy (non-hydrogen) atoms. The van der Waals surface area contributed by atoms with Crippen molar-refractivity contribution in [2.75, 3.05) is 6.54 Å². The van der Waals surface area contributed by atoms with Gasteiger partial charge in [-0.25, -0.2) is 4.79 Å². The Morgan fingerprint density at radius 2 is 2.24 bits per heavy atom. The zero-order valence-electron chi connectivity index (χ0n) is 11.6. The van der Waals surface area contributed by atoms with Gasteiger partial charge in [0.25, 0.3) is 0 Å². The lowest BCUT2D eigenvalue weighted by molar-refractivity contribution is -0.124. The zero-order chi connectivity index (χ0) is 15.2. The average molecular weight is 310 g/mol. The third kappa shape index (κ3) is 4.46. The lowest BCUT2D eigenvalue weighted by Gasteiger charge is -2.12. The molecule has 0 saturated carbocycles. The van der Waals surface area contributed by atoms with Gasteiger partial charge in [0.2, 0.25) is 5.91 Å². The van der Waals surface area contributed by atoms with E-state index in [0.717, 1.165) is 5.56 Å². The normalized spacial score (nSPS) is 12.1. The number of hydrogen-bond donors (Lipinski definition) is 2. The molecule has 6 nitrogen and oxygen atoms in total. The van der Waals surface area contributed by atoms with Crippen LogP contribution in [0.2, 0.25) is 5.02 Å². The Labute approximate surface area is 126 Å². The molecule has 1 aromatic carbocycles. The molecule has 0 radical (unpaired) electrons. The van der Waals surface area contributed by atoms with E-state index in [1.165, 1.54) is 0 Å². The van der Waals surface area contributed by atoms with Crippen LogP contribution in [0, 0.1) is 5.92 Å². The maximum absolute atomic E-state index is 12.0. The second-order valence-corrected chi connectivity index (χ2v) is 5.19. The number of hydrogen-bond acceptors (Lipinski definition) is 4. The summed E-state index contributed by atoms with van der Waals surface area (Å²) in [6.07, 6.45) is 0.989. The molecule has 2 rings (SSSR count). The molecule has 0 spiro atoms. The van der Waals surface area contributed by atoms with Crippen LogP contribution in [0.25, 0.3) is 0 Å². The number of carbonyl (C=O) groups excluding carboxylic acids is 1. The van der Waals surface area contributed by atoms with Crippen LogP contribution in [0.5, 0.6) is 0 Å². The van der Waals surface area contributed by atoms with Crippen LogP contribution in [-0.4, -0.2) is 22.6 Å². The van der Waals surface area contributed by atoms with E-state index in [1.807, 2.05) is 31.2 Å². The van der Waals surface area contributed by atoms with Crippen LogP contribution in [0.15, 0.2) is 33.6 Å². The lowest BCUT2D eigenvalue weighted by Crippen LogP contribution is -2.32. The van der Waals surface area contributed by atoms with Gasteiger partial charge in [-0.3, -0.25) is 14.3 Å². The smallest absolute Gasteiger partial charge is 0.355 e. The van der Waals surface area contributed by atoms with Gasteiger partial charge in [0.1, 0.15) is 0 Å². The van der Waals surface area contributed by atoms with Gasteiger partial charge >= 0.3 is 5.76 Å². The Bertz CT molecular complexity index is 665. The Hall–Kier alpha value is -2.08. The lowest BCUT2D eigenvalue weighted by atomic mass is 10.0. The molecule has 112 valence electrons. The molecule has 1 heterocycles. The van der Waals surface area contributed by atoms with E-state index in [9.17, 15) is 9.59 Å². The predicted molar refractivity (Wildman–Crippen MR) is 78.2 cm³/mol. The van der Waals surface area contributed by atoms with E-state index in [-0.39, 0.29) is 11.8 Å². The van der Waals surface area contributed by atoms with Crippen molar-refractivity contribution in [1.29, 1.82) is 0 Å². The van der Waals surface area contributed by atoms with Gasteiger partial charge in [-0.15, -0.1) is 0 Å². The number of rotatable bonds is 6. The van der Waals surface area contributed by atoms with Crippen LogP contribution in [0.1, 0.15) is 18.3 Å². The Kier molecular flexibility index (Phi) is 5.16. The van der Waals surface area contributed by atoms with Crippen molar-refractivity contribution in [2.24, 2.45) is 5.92 Å². The Morgan fingerprint density at radius 3 is 2.90 bits per heavy atom. The zero-order valence-corrected chi connectivity index (χ0v) is 12.3. The first-order valence-electron chi connectivity index (χ1n) is 6.62. The maximum atomic E-state index is 12.0. The molecular weight excluding hydrogens is 294 g/mol. The average Bonchev–Trinajstić information content (AvgIpc) is 2.87. The molecule has 1 amide bonds. The summed E-state index contributed by atoms with van der Waals surface area (Å²) in [4.78, 5) is 25.2. The fourth-order valence-corrected chi connectivity index (χ4v) is 2.15. The number of amides is 1. The number of benzene rings is 1. The summed E-state index contributed by atoms with van der Waals surface area (Å²) in [6, 6.07) is 7.47. The third-order valence-corrected chi connectivity index (χ3v) is 3.45. The van der Waals surface area contributed by atoms with Crippen molar-refractivity contribution < 1.29 is 9.32 Å². The van der Waals surface area contributed by atoms with Gasteiger partial charge in [0.05, 0.1) is 0 Å². The van der Waals surface area contributed by atoms with Crippen molar-refractivity contribution in [3.8, 4) is 0 Å². The van der Waals surface area contributed by atoms with Crippen molar-refractivity contribution in [1.82, 2.24) is 15.5 Å². The Morgan fingerprint density at radius 1 is 1.48 bits per heavy atom. The number of aromatic amines is 1. The quantitative estimate of drug-likeness (QED) is 0.847. The van der Waals surface area contributed by atoms with E-state index in [2.05, 4.69) is 20.0 Å². The summed E-state index contributed by atoms with van der Waals surface area (Å²) in [6.45, 7) is 2.23. The van der Waals surface area contributed by atoms with Gasteiger partial charge in [0.15, 0.2) is 5.82 Å². The second-order valence-electron chi connectivity index (χ2n) is 4.78. The largest absolute Gasteiger partial charge is 0.438 e. The number of halogens is 1. The molecule has 0 fully saturated rings. The van der Waals surface area contributed by atoms with Crippen LogP contribution < -0.4 is 11.1 Å². The van der Waals surface area contributed by atoms with Crippen LogP contribution in [0.4, 0.5) is 0 Å². The highest BCUT2D eigenvalue weighted by Crippen LogP contribution is 2.18. The fourth-order valence-electron chi connectivity index (χ4n) is 1.93. The first-order chi connectivity index (χ1) is 10.1. The standard InChI is InChI=1S/C14H16ClN3O3/c1-9(8-10-4-2-3-5-11(10)15)13(19)16-7-6-12-17-14(20)21-18-12/h2-5,9H,6-8H2,1H3,(H,16,19)(H,17,18,20). The minimum Gasteiger partial charge on any atom is -0.355 e. The SMILES string of the molecule is CC(Cc1ccccc1Cl)C(=O)NCCc1noc(=O)[nH]1. The summed E-state index contributed by atoms with van der Waals surface area (Å²) in [5.74, 6) is -0.440. The minimum absolute atomic E-state index is 0.0687. The molecule has 0 bridgehead atoms. The van der Waals surface area contributed by atoms with Gasteiger partial charge in [0, 0.05) is 23.9 Å². The highest BCUT2D eigenvalue weighted by molar-refractivity contribution is 6.31. The third-order valence-electron chi connectivity index (χ3n) is 3.08. The number of nitrogens with zero attached hydrogens (tertiary/aromatic N) is 1. The monoisotopic (exact) mass is 309 g/mol. The fraction of sp³-hybridized carbons (Fsp3) is 0.357. The van der Waals surface area contributed by atoms with E-state index >= 15 is 0 Å². The number of H-pyrrole nitrogens is 1. The second kappa shape index (κ2) is 7.08. The summed E-state index contributed by atoms with van der Waals surface area (Å²) in [5.41, 5.74) is 0.947. The van der Waals surface area contributed by atoms with Crippen molar-refractivity contribution in [2.45, 2.75) is 19.8 Å². The van der Waals surface area contributed by atoms with E-state index in [1.54, 1.807) is 0 Å². The molecule has 2 aromatic rings. The predicted octanol–water partition coefficient (Wildman–Crippen LogP) is 1.55. The van der Waals surface area contributed by atoms with Crippen LogP contribution in [0.3, 0.4) is 0 Å². The summed E-state index contributed by atoms with van der Waals surface area (Å²) >= 11 is 6.08. The summed E-state index contributed by atoms with van der Waals surface area (Å²) in [5, 5.41) is 6.98. The van der Waals surface area contributed by atoms with Gasteiger partial charge in [-0.1, -0.05) is 41.9 Å². The van der Waals surface area contributed by atoms with Crippen molar-refractivity contribution in [3.05, 3.63) is 51.2 Å². The Balaban J connectivity index is 1.80. The maximum Gasteiger partial charge on any atom is 0.438 e. The summed E-state index contributed by atoms with van der Waals surface area (Å²) in [7, 11) is 0. The number of aromatic nitrogens is 2. The molecule has 0 aliphatic rings. The molecule has 0 aliphatic heterocycles. The van der Waals surface area contributed by atoms with Crippen LogP contribution >= 0.6 is 11.6 Å². The molecule has 2 N–H and O–H groups in total. The minimum atomic E-state index is -0.594. The van der Waals surface area contributed by atoms with Crippen molar-refractivity contribution >= 4 is 17.5 Å². The van der Waals surface area contributed by atoms with E-state index < -0.39 is 5.76 Å². The molecular formula is C14H16ClN3O3. The van der Waals surface area contributed by atoms with Crippen LogP contribution in [-0.2, 0) is 17.6 Å². The highest BCUT2D eigenvalue weighted by atomic mass is 35.5. The van der Waals surface area contributed by atoms with Gasteiger partial charge in [-0.2, -0.15) is 0 Å². The molecule has 1 aromatic heterocycles. The first-order valence-corrected chi connectivity index (χ1v) is 7.00. The van der Waals surface area contributed by atoms with Crippen molar-refractivity contribution in [3.63, 3.8) is 0 Å². The van der Waals surface area contributed by atoms with Gasteiger partial charge < -0.3 is 5.32 Å². The molecule has 0 saturated heterocycles. The summed E-state index contributed by atoms with van der Waals surface area (Å²) < 4.78 is 4.37. The molecule has 1 unspecified atom stereocenters. The first kappa shape index (κ1) is 15.3. The number of nitrogens with one attached hydrogen (secondary N) is 2. The van der Waals surface area contributed by atoms with Gasteiger partial charge in [-0.05, 0) is 18.1 Å². The molecule has 0 aliphatic carbocycles. The number of carbonyl (C=O) groups is 1. The topological polar surface area (TPSA) is 88.0 Å². The van der Waals surface area contributed by atoms with E-state index in [0.29, 0.717) is 30.2 Å². The molecule has 1 atom stereocenters. The molecule has 7 heteroatoms. The highest BCUT2D eigenvalue weighted by Gasteiger charge is 2.14.